The number of aliphatic hydroxyl groups is 1. The highest BCUT2D eigenvalue weighted by Crippen LogP contribution is 2.34. The maximum atomic E-state index is 13.7. The van der Waals surface area contributed by atoms with E-state index in [-0.39, 0.29) is 23.6 Å². The van der Waals surface area contributed by atoms with Crippen LogP contribution in [0.4, 0.5) is 4.39 Å². The fourth-order valence-electron chi connectivity index (χ4n) is 3.84. The molecule has 0 aliphatic rings. The molecule has 0 radical (unpaired) electrons. The van der Waals surface area contributed by atoms with Crippen LogP contribution in [0.5, 0.6) is 11.5 Å². The van der Waals surface area contributed by atoms with Crippen LogP contribution in [0, 0.1) is 5.82 Å². The maximum Gasteiger partial charge on any atom is 0.163 e. The fraction of sp³-hybridized carbons (Fsp3) is 0.222. The molecular formula is C27H25ClFN3O4. The van der Waals surface area contributed by atoms with Crippen LogP contribution >= 0.6 is 11.6 Å². The first kappa shape index (κ1) is 25.3. The van der Waals surface area contributed by atoms with Crippen molar-refractivity contribution in [2.45, 2.75) is 25.4 Å². The smallest absolute Gasteiger partial charge is 0.163 e. The van der Waals surface area contributed by atoms with Crippen LogP contribution in [0.3, 0.4) is 0 Å². The number of halogens is 2. The first-order valence-electron chi connectivity index (χ1n) is 11.2. The number of hydrogen-bond donors (Lipinski definition) is 1. The zero-order chi connectivity index (χ0) is 25.9. The van der Waals surface area contributed by atoms with Crippen molar-refractivity contribution in [3.8, 4) is 28.4 Å². The number of ketones is 1. The minimum absolute atomic E-state index is 0.0480. The van der Waals surface area contributed by atoms with E-state index in [2.05, 4.69) is 10.1 Å². The molecule has 0 saturated carbocycles. The van der Waals surface area contributed by atoms with E-state index in [1.165, 1.54) is 32.4 Å². The molecule has 0 fully saturated rings. The molecule has 186 valence electrons. The second-order valence-electron chi connectivity index (χ2n) is 8.41. The van der Waals surface area contributed by atoms with Crippen molar-refractivity contribution in [2.24, 2.45) is 0 Å². The first-order valence-corrected chi connectivity index (χ1v) is 11.6. The van der Waals surface area contributed by atoms with Crippen molar-refractivity contribution in [3.05, 3.63) is 89.1 Å². The fourth-order valence-corrected chi connectivity index (χ4v) is 4.02. The van der Waals surface area contributed by atoms with Crippen molar-refractivity contribution >= 4 is 17.4 Å². The Kier molecular flexibility index (Phi) is 7.37. The minimum Gasteiger partial charge on any atom is -0.494 e. The molecule has 1 unspecified atom stereocenters. The van der Waals surface area contributed by atoms with Crippen LogP contribution in [-0.4, -0.2) is 39.9 Å². The lowest BCUT2D eigenvalue weighted by Gasteiger charge is -2.24. The van der Waals surface area contributed by atoms with Crippen molar-refractivity contribution in [1.82, 2.24) is 14.8 Å². The molecule has 0 bridgehead atoms. The number of methoxy groups -OCH3 is 2. The predicted molar refractivity (Wildman–Crippen MR) is 134 cm³/mol. The zero-order valence-electron chi connectivity index (χ0n) is 20.0. The van der Waals surface area contributed by atoms with Gasteiger partial charge in [-0.1, -0.05) is 11.6 Å². The number of benzene rings is 2. The quantitative estimate of drug-likeness (QED) is 0.295. The van der Waals surface area contributed by atoms with Crippen LogP contribution in [0.2, 0.25) is 5.02 Å². The second kappa shape index (κ2) is 10.5. The molecule has 4 rings (SSSR count). The van der Waals surface area contributed by atoms with Crippen LogP contribution in [-0.2, 0) is 5.60 Å². The summed E-state index contributed by atoms with van der Waals surface area (Å²) in [5, 5.41) is 15.4. The molecule has 4 aromatic rings. The van der Waals surface area contributed by atoms with Gasteiger partial charge in [0.1, 0.15) is 34.3 Å². The standard InChI is InChI=1S/C27H25ClFN3O4/c1-27(34,25-10-9-23(35-2)26(31-25)18-5-7-20(29)19(28)15-18)12-11-22(33)17-6-8-21(24(16-17)36-3)32-14-4-13-30-32/h4-10,13-16,34H,11-12H2,1-3H3. The van der Waals surface area contributed by atoms with E-state index < -0.39 is 11.4 Å². The monoisotopic (exact) mass is 509 g/mol. The Labute approximate surface area is 213 Å². The van der Waals surface area contributed by atoms with Crippen LogP contribution in [0.1, 0.15) is 35.8 Å². The summed E-state index contributed by atoms with van der Waals surface area (Å²) in [4.78, 5) is 17.5. The van der Waals surface area contributed by atoms with E-state index in [0.29, 0.717) is 39.7 Å². The number of pyridine rings is 1. The molecule has 2 heterocycles. The first-order chi connectivity index (χ1) is 17.2. The number of nitrogens with zero attached hydrogens (tertiary/aromatic N) is 3. The molecule has 1 N–H and O–H groups in total. The van der Waals surface area contributed by atoms with Crippen molar-refractivity contribution in [3.63, 3.8) is 0 Å². The summed E-state index contributed by atoms with van der Waals surface area (Å²) < 4.78 is 26.2. The van der Waals surface area contributed by atoms with Gasteiger partial charge in [-0.3, -0.25) is 4.79 Å². The highest BCUT2D eigenvalue weighted by molar-refractivity contribution is 6.31. The van der Waals surface area contributed by atoms with Crippen LogP contribution in [0.15, 0.2) is 67.0 Å². The van der Waals surface area contributed by atoms with E-state index >= 15 is 0 Å². The number of ether oxygens (including phenoxy) is 2. The van der Waals surface area contributed by atoms with Gasteiger partial charge in [0.05, 0.1) is 24.9 Å². The lowest BCUT2D eigenvalue weighted by Crippen LogP contribution is -2.24. The molecule has 0 spiro atoms. The molecular weight excluding hydrogens is 485 g/mol. The van der Waals surface area contributed by atoms with Crippen molar-refractivity contribution in [1.29, 1.82) is 0 Å². The average molecular weight is 510 g/mol. The third-order valence-corrected chi connectivity index (χ3v) is 6.20. The van der Waals surface area contributed by atoms with Gasteiger partial charge in [-0.15, -0.1) is 0 Å². The Morgan fingerprint density at radius 2 is 1.89 bits per heavy atom. The summed E-state index contributed by atoms with van der Waals surface area (Å²) in [6, 6.07) is 14.5. The highest BCUT2D eigenvalue weighted by Gasteiger charge is 2.28. The molecule has 7 nitrogen and oxygen atoms in total. The lowest BCUT2D eigenvalue weighted by atomic mass is 9.92. The molecule has 1 atom stereocenters. The van der Waals surface area contributed by atoms with E-state index in [4.69, 9.17) is 21.1 Å². The van der Waals surface area contributed by atoms with Gasteiger partial charge in [0.25, 0.3) is 0 Å². The molecule has 2 aromatic heterocycles. The molecule has 0 aliphatic heterocycles. The van der Waals surface area contributed by atoms with Gasteiger partial charge in [0.2, 0.25) is 0 Å². The van der Waals surface area contributed by atoms with Crippen molar-refractivity contribution in [2.75, 3.05) is 14.2 Å². The van der Waals surface area contributed by atoms with E-state index in [0.717, 1.165) is 0 Å². The largest absolute Gasteiger partial charge is 0.494 e. The molecule has 0 amide bonds. The Morgan fingerprint density at radius 3 is 2.56 bits per heavy atom. The summed E-state index contributed by atoms with van der Waals surface area (Å²) in [6.07, 6.45) is 3.64. The number of aromatic nitrogens is 3. The van der Waals surface area contributed by atoms with Gasteiger partial charge < -0.3 is 14.6 Å². The zero-order valence-corrected chi connectivity index (χ0v) is 20.8. The Morgan fingerprint density at radius 1 is 1.11 bits per heavy atom. The highest BCUT2D eigenvalue weighted by atomic mass is 35.5. The van der Waals surface area contributed by atoms with Gasteiger partial charge in [0.15, 0.2) is 5.78 Å². The number of carbonyl (C=O) groups is 1. The number of hydrogen-bond acceptors (Lipinski definition) is 6. The summed E-state index contributed by atoms with van der Waals surface area (Å²) >= 11 is 5.95. The molecule has 2 aromatic carbocycles. The van der Waals surface area contributed by atoms with Gasteiger partial charge >= 0.3 is 0 Å². The number of carbonyl (C=O) groups excluding carboxylic acids is 1. The van der Waals surface area contributed by atoms with E-state index in [1.807, 2.05) is 0 Å². The maximum absolute atomic E-state index is 13.7. The summed E-state index contributed by atoms with van der Waals surface area (Å²) in [7, 11) is 3.02. The van der Waals surface area contributed by atoms with Gasteiger partial charge in [-0.2, -0.15) is 5.10 Å². The summed E-state index contributed by atoms with van der Waals surface area (Å²) in [5.41, 5.74) is 1.04. The summed E-state index contributed by atoms with van der Waals surface area (Å²) in [5.74, 6) is 0.253. The van der Waals surface area contributed by atoms with Gasteiger partial charge in [0, 0.05) is 29.9 Å². The van der Waals surface area contributed by atoms with Gasteiger partial charge in [-0.25, -0.2) is 14.1 Å². The summed E-state index contributed by atoms with van der Waals surface area (Å²) in [6.45, 7) is 1.60. The Balaban J connectivity index is 1.54. The molecule has 9 heteroatoms. The normalized spacial score (nSPS) is 12.7. The Bertz CT molecular complexity index is 1390. The molecule has 0 aliphatic carbocycles. The van der Waals surface area contributed by atoms with Crippen LogP contribution < -0.4 is 9.47 Å². The predicted octanol–water partition coefficient (Wildman–Crippen LogP) is 5.61. The molecule has 36 heavy (non-hydrogen) atoms. The molecule has 0 saturated heterocycles. The van der Waals surface area contributed by atoms with E-state index in [9.17, 15) is 14.3 Å². The van der Waals surface area contributed by atoms with Crippen molar-refractivity contribution < 1.29 is 23.8 Å². The number of rotatable bonds is 9. The second-order valence-corrected chi connectivity index (χ2v) is 8.82. The lowest BCUT2D eigenvalue weighted by molar-refractivity contribution is 0.0397. The topological polar surface area (TPSA) is 86.5 Å². The third kappa shape index (κ3) is 5.24. The van der Waals surface area contributed by atoms with Crippen LogP contribution in [0.25, 0.3) is 16.9 Å². The average Bonchev–Trinajstić information content (AvgIpc) is 3.43. The SMILES string of the molecule is COc1cc(C(=O)CCC(C)(O)c2ccc(OC)c(-c3ccc(F)c(Cl)c3)n2)ccc1-n1cccn1. The Hall–Kier alpha value is -3.75. The van der Waals surface area contributed by atoms with E-state index in [1.54, 1.807) is 60.4 Å². The minimum atomic E-state index is -1.42. The third-order valence-electron chi connectivity index (χ3n) is 5.91. The van der Waals surface area contributed by atoms with Gasteiger partial charge in [-0.05, 0) is 67.9 Å². The number of Topliss-reactive ketones (excluding diaryl/α,β-unsaturated/α-hetero) is 1.